The molecule has 0 aliphatic heterocycles. The average molecular weight is 377 g/mol. The van der Waals surface area contributed by atoms with E-state index in [4.69, 9.17) is 9.90 Å². The van der Waals surface area contributed by atoms with Crippen LogP contribution in [0.5, 0.6) is 0 Å². The highest BCUT2D eigenvalue weighted by Gasteiger charge is 2.38. The van der Waals surface area contributed by atoms with E-state index in [1.807, 2.05) is 41.4 Å². The van der Waals surface area contributed by atoms with Crippen molar-refractivity contribution in [2.75, 3.05) is 18.1 Å². The molecule has 0 saturated heterocycles. The molecule has 138 valence electrons. The third-order valence-electron chi connectivity index (χ3n) is 2.89. The van der Waals surface area contributed by atoms with Crippen molar-refractivity contribution in [3.05, 3.63) is 35.8 Å². The molecule has 0 unspecified atom stereocenters. The molecule has 0 aliphatic rings. The number of carbonyl (C=O) groups excluding carboxylic acids is 1. The fourth-order valence-electron chi connectivity index (χ4n) is 1.73. The van der Waals surface area contributed by atoms with Crippen LogP contribution in [0.4, 0.5) is 13.2 Å². The quantitative estimate of drug-likeness (QED) is 0.783. The zero-order valence-electron chi connectivity index (χ0n) is 13.6. The van der Waals surface area contributed by atoms with Gasteiger partial charge in [-0.2, -0.15) is 24.9 Å². The lowest BCUT2D eigenvalue weighted by molar-refractivity contribution is -0.192. The van der Waals surface area contributed by atoms with Gasteiger partial charge in [-0.25, -0.2) is 9.78 Å². The minimum Gasteiger partial charge on any atom is -0.475 e. The average Bonchev–Trinajstić information content (AvgIpc) is 2.97. The largest absolute Gasteiger partial charge is 0.490 e. The molecule has 2 N–H and O–H groups in total. The Kier molecular flexibility index (Phi) is 7.75. The van der Waals surface area contributed by atoms with E-state index in [1.54, 1.807) is 6.20 Å². The number of alkyl halides is 3. The summed E-state index contributed by atoms with van der Waals surface area (Å²) >= 11 is 1.81. The molecule has 0 spiro atoms. The van der Waals surface area contributed by atoms with E-state index in [2.05, 4.69) is 17.2 Å². The normalized spacial score (nSPS) is 10.9. The Hall–Kier alpha value is -2.23. The van der Waals surface area contributed by atoms with Gasteiger partial charge in [0.25, 0.3) is 5.91 Å². The molecule has 2 rings (SSSR count). The topological polar surface area (TPSA) is 83.7 Å². The molecule has 0 saturated carbocycles. The summed E-state index contributed by atoms with van der Waals surface area (Å²) in [4.78, 5) is 25.1. The minimum absolute atomic E-state index is 0.102. The number of aliphatic carboxylic acids is 1. The number of nitrogens with zero attached hydrogens (tertiary/aromatic N) is 2. The number of nitrogens with one attached hydrogen (secondary N) is 1. The Labute approximate surface area is 146 Å². The van der Waals surface area contributed by atoms with Crippen molar-refractivity contribution in [1.82, 2.24) is 14.7 Å². The number of aromatic nitrogens is 2. The summed E-state index contributed by atoms with van der Waals surface area (Å²) < 4.78 is 33.6. The molecule has 0 radical (unpaired) electrons. The molecule has 2 aromatic rings. The minimum atomic E-state index is -5.08. The molecule has 2 aromatic heterocycles. The Morgan fingerprint density at radius 1 is 1.40 bits per heavy atom. The van der Waals surface area contributed by atoms with Crippen molar-refractivity contribution in [2.45, 2.75) is 20.0 Å². The van der Waals surface area contributed by atoms with Gasteiger partial charge in [0.2, 0.25) is 0 Å². The zero-order valence-corrected chi connectivity index (χ0v) is 14.4. The summed E-state index contributed by atoms with van der Waals surface area (Å²) in [6, 6.07) is 3.94. The summed E-state index contributed by atoms with van der Waals surface area (Å²) in [6.45, 7) is 4.78. The van der Waals surface area contributed by atoms with Crippen LogP contribution in [0.3, 0.4) is 0 Å². The fraction of sp³-hybridized carbons (Fsp3) is 0.400. The van der Waals surface area contributed by atoms with E-state index in [0.29, 0.717) is 12.2 Å². The fourth-order valence-corrected chi connectivity index (χ4v) is 2.27. The predicted octanol–water partition coefficient (Wildman–Crippen LogP) is 2.76. The molecule has 10 heteroatoms. The van der Waals surface area contributed by atoms with E-state index < -0.39 is 12.1 Å². The summed E-state index contributed by atoms with van der Waals surface area (Å²) in [5, 5.41) is 10.0. The number of pyridine rings is 1. The highest BCUT2D eigenvalue weighted by molar-refractivity contribution is 7.99. The standard InChI is InChI=1S/C13H17N3OS.C2HF3O2/c1-3-18-8-6-14-13(17)11-9-16-7-4-5-10(2)12(16)15-11;3-2(4,5)1(6)7/h4-5,7,9H,3,6,8H2,1-2H3,(H,14,17);(H,6,7). The first-order valence-electron chi connectivity index (χ1n) is 7.27. The van der Waals surface area contributed by atoms with Gasteiger partial charge in [-0.1, -0.05) is 13.0 Å². The maximum Gasteiger partial charge on any atom is 0.490 e. The van der Waals surface area contributed by atoms with Crippen molar-refractivity contribution in [2.24, 2.45) is 0 Å². The first kappa shape index (κ1) is 20.8. The lowest BCUT2D eigenvalue weighted by Crippen LogP contribution is -2.26. The molecule has 1 amide bonds. The van der Waals surface area contributed by atoms with Gasteiger partial charge in [-0.05, 0) is 24.3 Å². The number of carboxylic acid groups (broad SMARTS) is 1. The van der Waals surface area contributed by atoms with Crippen molar-refractivity contribution >= 4 is 29.3 Å². The number of fused-ring (bicyclic) bond motifs is 1. The summed E-state index contributed by atoms with van der Waals surface area (Å²) in [7, 11) is 0. The second-order valence-electron chi connectivity index (χ2n) is 4.80. The van der Waals surface area contributed by atoms with E-state index in [9.17, 15) is 18.0 Å². The second-order valence-corrected chi connectivity index (χ2v) is 6.20. The Balaban J connectivity index is 0.000000381. The molecule has 2 heterocycles. The number of halogens is 3. The Morgan fingerprint density at radius 2 is 2.04 bits per heavy atom. The third-order valence-corrected chi connectivity index (χ3v) is 3.79. The van der Waals surface area contributed by atoms with Crippen LogP contribution in [-0.4, -0.2) is 50.6 Å². The molecular formula is C15H18F3N3O3S. The zero-order chi connectivity index (χ0) is 19.0. The van der Waals surface area contributed by atoms with Gasteiger partial charge in [0.15, 0.2) is 0 Å². The molecule has 0 bridgehead atoms. The van der Waals surface area contributed by atoms with Gasteiger partial charge in [-0.15, -0.1) is 0 Å². The van der Waals surface area contributed by atoms with Crippen molar-refractivity contribution < 1.29 is 27.9 Å². The summed E-state index contributed by atoms with van der Waals surface area (Å²) in [6.07, 6.45) is -1.41. The number of thioether (sulfide) groups is 1. The molecule has 25 heavy (non-hydrogen) atoms. The van der Waals surface area contributed by atoms with Gasteiger partial charge in [-0.3, -0.25) is 4.79 Å². The number of hydrogen-bond donors (Lipinski definition) is 2. The smallest absolute Gasteiger partial charge is 0.475 e. The maximum absolute atomic E-state index is 11.9. The highest BCUT2D eigenvalue weighted by atomic mass is 32.2. The number of carboxylic acids is 1. The first-order valence-corrected chi connectivity index (χ1v) is 8.42. The number of aryl methyl sites for hydroxylation is 1. The molecular weight excluding hydrogens is 359 g/mol. The monoisotopic (exact) mass is 377 g/mol. The van der Waals surface area contributed by atoms with Crippen LogP contribution in [0.25, 0.3) is 5.65 Å². The maximum atomic E-state index is 11.9. The SMILES string of the molecule is CCSCCNC(=O)c1cn2cccc(C)c2n1.O=C(O)C(F)(F)F. The van der Waals surface area contributed by atoms with E-state index in [-0.39, 0.29) is 5.91 Å². The number of imidazole rings is 1. The summed E-state index contributed by atoms with van der Waals surface area (Å²) in [5.41, 5.74) is 2.38. The molecule has 0 fully saturated rings. The Morgan fingerprint density at radius 3 is 2.56 bits per heavy atom. The number of amides is 1. The van der Waals surface area contributed by atoms with Gasteiger partial charge in [0.1, 0.15) is 11.3 Å². The lowest BCUT2D eigenvalue weighted by Gasteiger charge is -2.01. The van der Waals surface area contributed by atoms with Crippen molar-refractivity contribution in [1.29, 1.82) is 0 Å². The number of carbonyl (C=O) groups is 2. The number of rotatable bonds is 5. The third kappa shape index (κ3) is 6.65. The van der Waals surface area contributed by atoms with E-state index in [1.165, 1.54) is 0 Å². The van der Waals surface area contributed by atoms with Crippen molar-refractivity contribution in [3.8, 4) is 0 Å². The van der Waals surface area contributed by atoms with Crippen LogP contribution < -0.4 is 5.32 Å². The van der Waals surface area contributed by atoms with Gasteiger partial charge in [0, 0.05) is 24.7 Å². The molecule has 6 nitrogen and oxygen atoms in total. The second kappa shape index (κ2) is 9.30. The predicted molar refractivity (Wildman–Crippen MR) is 89.0 cm³/mol. The molecule has 0 aliphatic carbocycles. The molecule has 0 aromatic carbocycles. The summed E-state index contributed by atoms with van der Waals surface area (Å²) in [5.74, 6) is -0.847. The molecule has 0 atom stereocenters. The van der Waals surface area contributed by atoms with Crippen LogP contribution >= 0.6 is 11.8 Å². The van der Waals surface area contributed by atoms with E-state index in [0.717, 1.165) is 22.7 Å². The van der Waals surface area contributed by atoms with Gasteiger partial charge < -0.3 is 14.8 Å². The van der Waals surface area contributed by atoms with E-state index >= 15 is 0 Å². The van der Waals surface area contributed by atoms with Crippen LogP contribution in [0.2, 0.25) is 0 Å². The first-order chi connectivity index (χ1) is 11.7. The number of hydrogen-bond acceptors (Lipinski definition) is 4. The lowest BCUT2D eigenvalue weighted by atomic mass is 10.3. The van der Waals surface area contributed by atoms with Crippen molar-refractivity contribution in [3.63, 3.8) is 0 Å². The van der Waals surface area contributed by atoms with Gasteiger partial charge >= 0.3 is 12.1 Å². The van der Waals surface area contributed by atoms with Crippen LogP contribution in [-0.2, 0) is 4.79 Å². The Bertz CT molecular complexity index is 732. The van der Waals surface area contributed by atoms with Crippen LogP contribution in [0.15, 0.2) is 24.5 Å². The van der Waals surface area contributed by atoms with Gasteiger partial charge in [0.05, 0.1) is 0 Å². The highest BCUT2D eigenvalue weighted by Crippen LogP contribution is 2.13. The van der Waals surface area contributed by atoms with Crippen LogP contribution in [0.1, 0.15) is 23.0 Å². The van der Waals surface area contributed by atoms with Crippen LogP contribution in [0, 0.1) is 6.92 Å².